The Hall–Kier alpha value is -4.18. The van der Waals surface area contributed by atoms with Gasteiger partial charge in [-0.25, -0.2) is 0 Å². The van der Waals surface area contributed by atoms with Crippen LogP contribution in [-0.2, 0) is 5.41 Å². The molecule has 4 aromatic rings. The molecule has 4 aromatic carbocycles. The molecule has 0 spiro atoms. The molecule has 0 bridgehead atoms. The van der Waals surface area contributed by atoms with Crippen LogP contribution in [0.4, 0.5) is 0 Å². The third-order valence-electron chi connectivity index (χ3n) is 7.96. The first-order valence-electron chi connectivity index (χ1n) is 14.6. The van der Waals surface area contributed by atoms with E-state index in [0.29, 0.717) is 0 Å². The molecule has 1 fully saturated rings. The minimum absolute atomic E-state index is 0.0124. The van der Waals surface area contributed by atoms with Crippen LogP contribution in [0.5, 0.6) is 11.5 Å². The Kier molecular flexibility index (Phi) is 8.39. The first-order chi connectivity index (χ1) is 19.7. The normalized spacial score (nSPS) is 17.9. The number of benzene rings is 4. The summed E-state index contributed by atoms with van der Waals surface area (Å²) in [5.74, 6) is 0.501. The second-order valence-corrected chi connectivity index (χ2v) is 12.2. The Morgan fingerprint density at radius 1 is 0.659 bits per heavy atom. The lowest BCUT2D eigenvalue weighted by molar-refractivity contribution is 0.390. The maximum atomic E-state index is 11.3. The molecule has 210 valence electrons. The summed E-state index contributed by atoms with van der Waals surface area (Å²) in [7, 11) is 0. The standard InChI is InChI=1S/C37H40N2O2/c1-25-19-28(35(40)31(20-25)26-13-7-5-8-14-26)23-38-33-17-11-12-18-34(33)39-24-29-21-30(37(2,3)4)22-32(36(29)41)27-15-9-6-10-16-27/h5-10,13-16,19-24,33-34,40-41H,11-12,17-18H2,1-4H3/b38-23+,39-24+/t33-,34-/m1/s1. The predicted molar refractivity (Wildman–Crippen MR) is 172 cm³/mol. The van der Waals surface area contributed by atoms with Crippen molar-refractivity contribution in [2.45, 2.75) is 70.9 Å². The summed E-state index contributed by atoms with van der Waals surface area (Å²) in [6.07, 6.45) is 7.75. The summed E-state index contributed by atoms with van der Waals surface area (Å²) in [4.78, 5) is 9.98. The number of aliphatic imine (C=N–C) groups is 2. The van der Waals surface area contributed by atoms with Gasteiger partial charge in [-0.2, -0.15) is 0 Å². The Labute approximate surface area is 244 Å². The van der Waals surface area contributed by atoms with Gasteiger partial charge in [0.15, 0.2) is 0 Å². The zero-order valence-corrected chi connectivity index (χ0v) is 24.5. The second kappa shape index (κ2) is 12.1. The molecule has 1 saturated carbocycles. The number of hydrogen-bond acceptors (Lipinski definition) is 4. The van der Waals surface area contributed by atoms with Gasteiger partial charge in [-0.05, 0) is 71.7 Å². The number of aryl methyl sites for hydroxylation is 1. The van der Waals surface area contributed by atoms with Crippen molar-refractivity contribution in [2.24, 2.45) is 9.98 Å². The van der Waals surface area contributed by atoms with Gasteiger partial charge in [-0.15, -0.1) is 0 Å². The molecule has 1 aliphatic rings. The van der Waals surface area contributed by atoms with Gasteiger partial charge in [0.25, 0.3) is 0 Å². The lowest BCUT2D eigenvalue weighted by Crippen LogP contribution is -2.27. The van der Waals surface area contributed by atoms with Crippen molar-refractivity contribution in [3.05, 3.63) is 107 Å². The van der Waals surface area contributed by atoms with Crippen LogP contribution in [0, 0.1) is 6.92 Å². The van der Waals surface area contributed by atoms with Crippen LogP contribution in [0.25, 0.3) is 22.3 Å². The fraction of sp³-hybridized carbons (Fsp3) is 0.297. The molecular weight excluding hydrogens is 504 g/mol. The van der Waals surface area contributed by atoms with E-state index in [1.54, 1.807) is 0 Å². The third-order valence-corrected chi connectivity index (χ3v) is 7.96. The number of phenolic OH excluding ortho intramolecular Hbond substituents is 2. The molecule has 2 N–H and O–H groups in total. The smallest absolute Gasteiger partial charge is 0.132 e. The van der Waals surface area contributed by atoms with Gasteiger partial charge in [0.1, 0.15) is 11.5 Å². The SMILES string of the molecule is Cc1cc(/C=N/[C@@H]2CCCC[C@H]2/N=C/c2cc(C(C)(C)C)cc(-c3ccccc3)c2O)c(O)c(-c2ccccc2)c1. The molecule has 0 amide bonds. The van der Waals surface area contributed by atoms with E-state index >= 15 is 0 Å². The molecule has 1 aliphatic carbocycles. The van der Waals surface area contributed by atoms with Crippen molar-refractivity contribution < 1.29 is 10.2 Å². The third kappa shape index (κ3) is 6.59. The molecule has 0 heterocycles. The number of hydrogen-bond donors (Lipinski definition) is 2. The number of aromatic hydroxyl groups is 2. The van der Waals surface area contributed by atoms with Crippen LogP contribution in [0.1, 0.15) is 68.7 Å². The van der Waals surface area contributed by atoms with Crippen molar-refractivity contribution in [1.82, 2.24) is 0 Å². The topological polar surface area (TPSA) is 65.2 Å². The van der Waals surface area contributed by atoms with Gasteiger partial charge in [0.05, 0.1) is 12.1 Å². The summed E-state index contributed by atoms with van der Waals surface area (Å²) in [6.45, 7) is 8.60. The second-order valence-electron chi connectivity index (χ2n) is 12.2. The molecular formula is C37H40N2O2. The van der Waals surface area contributed by atoms with E-state index in [2.05, 4.69) is 32.9 Å². The van der Waals surface area contributed by atoms with Gasteiger partial charge in [0, 0.05) is 34.7 Å². The van der Waals surface area contributed by atoms with E-state index in [9.17, 15) is 10.2 Å². The van der Waals surface area contributed by atoms with Crippen LogP contribution in [0.15, 0.2) is 94.9 Å². The maximum Gasteiger partial charge on any atom is 0.132 e. The van der Waals surface area contributed by atoms with Crippen LogP contribution >= 0.6 is 0 Å². The molecule has 0 aliphatic heterocycles. The van der Waals surface area contributed by atoms with E-state index in [1.807, 2.05) is 92.1 Å². The van der Waals surface area contributed by atoms with Gasteiger partial charge < -0.3 is 10.2 Å². The first-order valence-corrected chi connectivity index (χ1v) is 14.6. The van der Waals surface area contributed by atoms with Crippen LogP contribution in [0.2, 0.25) is 0 Å². The highest BCUT2D eigenvalue weighted by Crippen LogP contribution is 2.37. The van der Waals surface area contributed by atoms with Gasteiger partial charge in [0.2, 0.25) is 0 Å². The molecule has 5 rings (SSSR count). The fourth-order valence-electron chi connectivity index (χ4n) is 5.56. The highest BCUT2D eigenvalue weighted by Gasteiger charge is 2.24. The lowest BCUT2D eigenvalue weighted by atomic mass is 9.83. The predicted octanol–water partition coefficient (Wildman–Crippen LogP) is 8.89. The van der Waals surface area contributed by atoms with Crippen LogP contribution in [0.3, 0.4) is 0 Å². The average molecular weight is 545 g/mol. The first kappa shape index (κ1) is 28.4. The zero-order valence-electron chi connectivity index (χ0n) is 24.5. The Morgan fingerprint density at radius 3 is 1.61 bits per heavy atom. The maximum absolute atomic E-state index is 11.3. The van der Waals surface area contributed by atoms with Crippen LogP contribution in [-0.4, -0.2) is 34.7 Å². The highest BCUT2D eigenvalue weighted by molar-refractivity contribution is 5.90. The van der Waals surface area contributed by atoms with Gasteiger partial charge in [-0.3, -0.25) is 9.98 Å². The minimum Gasteiger partial charge on any atom is -0.507 e. The molecule has 0 saturated heterocycles. The van der Waals surface area contributed by atoms with E-state index in [0.717, 1.165) is 70.2 Å². The molecule has 4 heteroatoms. The van der Waals surface area contributed by atoms with Crippen molar-refractivity contribution in [2.75, 3.05) is 0 Å². The molecule has 4 nitrogen and oxygen atoms in total. The van der Waals surface area contributed by atoms with Crippen molar-refractivity contribution in [3.8, 4) is 33.8 Å². The zero-order chi connectivity index (χ0) is 29.0. The van der Waals surface area contributed by atoms with Gasteiger partial charge in [-0.1, -0.05) is 94.3 Å². The van der Waals surface area contributed by atoms with Crippen molar-refractivity contribution >= 4 is 12.4 Å². The molecule has 0 unspecified atom stereocenters. The Bertz CT molecular complexity index is 1550. The quantitative estimate of drug-likeness (QED) is 0.238. The number of nitrogens with zero attached hydrogens (tertiary/aromatic N) is 2. The average Bonchev–Trinajstić information content (AvgIpc) is 2.97. The summed E-state index contributed by atoms with van der Waals surface area (Å²) in [6, 6.07) is 28.1. The Morgan fingerprint density at radius 2 is 1.12 bits per heavy atom. The van der Waals surface area contributed by atoms with E-state index in [-0.39, 0.29) is 29.0 Å². The summed E-state index contributed by atoms with van der Waals surface area (Å²) < 4.78 is 0. The molecule has 41 heavy (non-hydrogen) atoms. The number of rotatable bonds is 6. The summed E-state index contributed by atoms with van der Waals surface area (Å²) in [5, 5.41) is 22.4. The summed E-state index contributed by atoms with van der Waals surface area (Å²) >= 11 is 0. The fourth-order valence-corrected chi connectivity index (χ4v) is 5.56. The van der Waals surface area contributed by atoms with E-state index in [4.69, 9.17) is 9.98 Å². The minimum atomic E-state index is -0.0775. The molecule has 2 atom stereocenters. The highest BCUT2D eigenvalue weighted by atomic mass is 16.3. The molecule has 0 radical (unpaired) electrons. The Balaban J connectivity index is 1.45. The van der Waals surface area contributed by atoms with E-state index < -0.39 is 0 Å². The monoisotopic (exact) mass is 544 g/mol. The van der Waals surface area contributed by atoms with Crippen molar-refractivity contribution in [1.29, 1.82) is 0 Å². The van der Waals surface area contributed by atoms with Crippen molar-refractivity contribution in [3.63, 3.8) is 0 Å². The van der Waals surface area contributed by atoms with E-state index in [1.165, 1.54) is 0 Å². The van der Waals surface area contributed by atoms with Crippen LogP contribution < -0.4 is 0 Å². The summed E-state index contributed by atoms with van der Waals surface area (Å²) in [5.41, 5.74) is 7.20. The lowest BCUT2D eigenvalue weighted by Gasteiger charge is -2.26. The molecule has 0 aromatic heterocycles. The largest absolute Gasteiger partial charge is 0.507 e. The van der Waals surface area contributed by atoms with Gasteiger partial charge >= 0.3 is 0 Å². The number of phenols is 2.